The van der Waals surface area contributed by atoms with Gasteiger partial charge in [-0.25, -0.2) is 0 Å². The van der Waals surface area contributed by atoms with Crippen LogP contribution in [0.1, 0.15) is 25.7 Å². The maximum absolute atomic E-state index is 12.5. The number of carboxylic acids is 1. The third-order valence-corrected chi connectivity index (χ3v) is 3.81. The minimum Gasteiger partial charge on any atom is -0.481 e. The van der Waals surface area contributed by atoms with E-state index in [1.54, 1.807) is 0 Å². The van der Waals surface area contributed by atoms with Crippen molar-refractivity contribution < 1.29 is 27.9 Å². The molecule has 19 heavy (non-hydrogen) atoms. The van der Waals surface area contributed by atoms with Crippen molar-refractivity contribution in [2.24, 2.45) is 17.8 Å². The van der Waals surface area contributed by atoms with Gasteiger partial charge >= 0.3 is 12.1 Å². The zero-order chi connectivity index (χ0) is 14.2. The summed E-state index contributed by atoms with van der Waals surface area (Å²) in [6.45, 7) is -1.17. The molecule has 108 valence electrons. The van der Waals surface area contributed by atoms with E-state index in [-0.39, 0.29) is 18.9 Å². The van der Waals surface area contributed by atoms with Gasteiger partial charge in [0.2, 0.25) is 5.91 Å². The maximum atomic E-state index is 12.5. The fourth-order valence-electron chi connectivity index (χ4n) is 2.41. The molecule has 0 bridgehead atoms. The third kappa shape index (κ3) is 3.61. The molecule has 7 heteroatoms. The van der Waals surface area contributed by atoms with Crippen LogP contribution >= 0.6 is 0 Å². The average molecular weight is 279 g/mol. The van der Waals surface area contributed by atoms with Crippen LogP contribution in [0.2, 0.25) is 0 Å². The molecule has 2 aliphatic rings. The fraction of sp³-hybridized carbons (Fsp3) is 0.833. The Morgan fingerprint density at radius 2 is 1.84 bits per heavy atom. The van der Waals surface area contributed by atoms with Crippen molar-refractivity contribution in [1.82, 2.24) is 4.90 Å². The molecule has 0 radical (unpaired) electrons. The van der Waals surface area contributed by atoms with Crippen LogP contribution < -0.4 is 0 Å². The largest absolute Gasteiger partial charge is 0.481 e. The minimum absolute atomic E-state index is 0.0984. The average Bonchev–Trinajstić information content (AvgIpc) is 2.98. The highest BCUT2D eigenvalue weighted by molar-refractivity contribution is 5.89. The molecule has 1 N–H and O–H groups in total. The van der Waals surface area contributed by atoms with Crippen molar-refractivity contribution in [3.8, 4) is 0 Å². The molecule has 0 aromatic heterocycles. The first-order chi connectivity index (χ1) is 8.78. The molecule has 0 unspecified atom stereocenters. The highest BCUT2D eigenvalue weighted by Crippen LogP contribution is 2.41. The van der Waals surface area contributed by atoms with Gasteiger partial charge in [0.25, 0.3) is 0 Å². The molecular weight excluding hydrogens is 263 g/mol. The number of amides is 1. The Balaban J connectivity index is 1.95. The van der Waals surface area contributed by atoms with Crippen LogP contribution in [0, 0.1) is 17.8 Å². The number of hydrogen-bond acceptors (Lipinski definition) is 2. The van der Waals surface area contributed by atoms with Gasteiger partial charge in [0.15, 0.2) is 0 Å². The topological polar surface area (TPSA) is 57.6 Å². The van der Waals surface area contributed by atoms with Crippen LogP contribution in [-0.4, -0.2) is 41.1 Å². The number of hydrogen-bond donors (Lipinski definition) is 1. The second kappa shape index (κ2) is 5.02. The Hall–Kier alpha value is -1.27. The van der Waals surface area contributed by atoms with E-state index in [4.69, 9.17) is 5.11 Å². The zero-order valence-corrected chi connectivity index (χ0v) is 10.3. The minimum atomic E-state index is -4.44. The summed E-state index contributed by atoms with van der Waals surface area (Å²) in [4.78, 5) is 23.4. The lowest BCUT2D eigenvalue weighted by molar-refractivity contribution is -0.164. The number of rotatable bonds is 5. The summed E-state index contributed by atoms with van der Waals surface area (Å²) >= 11 is 0. The zero-order valence-electron chi connectivity index (χ0n) is 10.3. The molecule has 0 aromatic rings. The molecular formula is C12H16F3NO3. The van der Waals surface area contributed by atoms with Crippen LogP contribution in [0.4, 0.5) is 13.2 Å². The Bertz CT molecular complexity index is 379. The van der Waals surface area contributed by atoms with E-state index < -0.39 is 36.4 Å². The summed E-state index contributed by atoms with van der Waals surface area (Å²) in [5.41, 5.74) is 0. The summed E-state index contributed by atoms with van der Waals surface area (Å²) in [6, 6.07) is 0. The van der Waals surface area contributed by atoms with Crippen molar-refractivity contribution in [3.05, 3.63) is 0 Å². The highest BCUT2D eigenvalue weighted by Gasteiger charge is 2.51. The molecule has 0 aromatic carbocycles. The molecule has 2 saturated carbocycles. The number of carbonyl (C=O) groups is 2. The standard InChI is InChI=1S/C12H16F3NO3/c13-12(14,15)6-16(5-7-2-1-3-7)10(17)8-4-9(8)11(18)19/h7-9H,1-6H2,(H,18,19)/t8-,9-/m1/s1. The van der Waals surface area contributed by atoms with Gasteiger partial charge in [0.05, 0.1) is 11.8 Å². The Morgan fingerprint density at radius 3 is 2.21 bits per heavy atom. The van der Waals surface area contributed by atoms with E-state index >= 15 is 0 Å². The van der Waals surface area contributed by atoms with Crippen LogP contribution in [0.5, 0.6) is 0 Å². The lowest BCUT2D eigenvalue weighted by Gasteiger charge is -2.33. The van der Waals surface area contributed by atoms with Crippen molar-refractivity contribution in [2.45, 2.75) is 31.9 Å². The molecule has 2 rings (SSSR count). The second-order valence-corrected chi connectivity index (χ2v) is 5.42. The first-order valence-corrected chi connectivity index (χ1v) is 6.36. The van der Waals surface area contributed by atoms with E-state index in [0.29, 0.717) is 0 Å². The van der Waals surface area contributed by atoms with Gasteiger partial charge in [-0.05, 0) is 25.2 Å². The predicted octanol–water partition coefficient (Wildman–Crippen LogP) is 1.90. The summed E-state index contributed by atoms with van der Waals surface area (Å²) in [5.74, 6) is -3.19. The molecule has 0 saturated heterocycles. The van der Waals surface area contributed by atoms with Gasteiger partial charge in [-0.3, -0.25) is 9.59 Å². The van der Waals surface area contributed by atoms with Gasteiger partial charge in [-0.15, -0.1) is 0 Å². The third-order valence-electron chi connectivity index (χ3n) is 3.81. The quantitative estimate of drug-likeness (QED) is 0.836. The van der Waals surface area contributed by atoms with Crippen LogP contribution in [0.3, 0.4) is 0 Å². The molecule has 0 spiro atoms. The highest BCUT2D eigenvalue weighted by atomic mass is 19.4. The van der Waals surface area contributed by atoms with Crippen molar-refractivity contribution in [1.29, 1.82) is 0 Å². The van der Waals surface area contributed by atoms with E-state index in [2.05, 4.69) is 0 Å². The van der Waals surface area contributed by atoms with E-state index in [1.807, 2.05) is 0 Å². The van der Waals surface area contributed by atoms with E-state index in [9.17, 15) is 22.8 Å². The molecule has 2 fully saturated rings. The first-order valence-electron chi connectivity index (χ1n) is 6.36. The number of carboxylic acid groups (broad SMARTS) is 1. The van der Waals surface area contributed by atoms with Gasteiger partial charge < -0.3 is 10.0 Å². The maximum Gasteiger partial charge on any atom is 0.406 e. The van der Waals surface area contributed by atoms with Crippen molar-refractivity contribution in [2.75, 3.05) is 13.1 Å². The molecule has 2 aliphatic carbocycles. The summed E-state index contributed by atoms with van der Waals surface area (Å²) in [5, 5.41) is 8.73. The Morgan fingerprint density at radius 1 is 1.21 bits per heavy atom. The van der Waals surface area contributed by atoms with Gasteiger partial charge in [0, 0.05) is 6.54 Å². The lowest BCUT2D eigenvalue weighted by Crippen LogP contribution is -2.44. The SMILES string of the molecule is O=C(O)[C@@H]1C[C@H]1C(=O)N(CC1CCC1)CC(F)(F)F. The first kappa shape index (κ1) is 14.1. The Kier molecular flexibility index (Phi) is 3.73. The summed E-state index contributed by atoms with van der Waals surface area (Å²) in [6.07, 6.45) is -1.61. The number of halogens is 3. The van der Waals surface area contributed by atoms with Crippen molar-refractivity contribution in [3.63, 3.8) is 0 Å². The smallest absolute Gasteiger partial charge is 0.406 e. The molecule has 0 heterocycles. The van der Waals surface area contributed by atoms with Gasteiger partial charge in [0.1, 0.15) is 6.54 Å². The molecule has 4 nitrogen and oxygen atoms in total. The predicted molar refractivity (Wildman–Crippen MR) is 59.2 cm³/mol. The van der Waals surface area contributed by atoms with E-state index in [0.717, 1.165) is 24.2 Å². The van der Waals surface area contributed by atoms with Crippen LogP contribution in [0.25, 0.3) is 0 Å². The molecule has 0 aliphatic heterocycles. The fourth-order valence-corrected chi connectivity index (χ4v) is 2.41. The normalized spacial score (nSPS) is 26.7. The number of nitrogens with zero attached hydrogens (tertiary/aromatic N) is 1. The van der Waals surface area contributed by atoms with Crippen LogP contribution in [-0.2, 0) is 9.59 Å². The van der Waals surface area contributed by atoms with Gasteiger partial charge in [-0.1, -0.05) is 6.42 Å². The van der Waals surface area contributed by atoms with Crippen molar-refractivity contribution >= 4 is 11.9 Å². The monoisotopic (exact) mass is 279 g/mol. The summed E-state index contributed by atoms with van der Waals surface area (Å²) < 4.78 is 37.4. The second-order valence-electron chi connectivity index (χ2n) is 5.42. The van der Waals surface area contributed by atoms with Crippen LogP contribution in [0.15, 0.2) is 0 Å². The number of carbonyl (C=O) groups excluding carboxylic acids is 1. The molecule has 2 atom stereocenters. The lowest BCUT2D eigenvalue weighted by atomic mass is 9.85. The number of alkyl halides is 3. The van der Waals surface area contributed by atoms with E-state index in [1.165, 1.54) is 0 Å². The van der Waals surface area contributed by atoms with Gasteiger partial charge in [-0.2, -0.15) is 13.2 Å². The number of aliphatic carboxylic acids is 1. The molecule has 1 amide bonds. The summed E-state index contributed by atoms with van der Waals surface area (Å²) in [7, 11) is 0. The Labute approximate surface area is 108 Å².